The van der Waals surface area contributed by atoms with Crippen LogP contribution in [-0.4, -0.2) is 107 Å². The number of carbonyl (C=O) groups excluding carboxylic acids is 1. The average Bonchev–Trinajstić information content (AvgIpc) is 3.16. The lowest BCUT2D eigenvalue weighted by Crippen LogP contribution is -2.61. The quantitative estimate of drug-likeness (QED) is 0.0145. The summed E-state index contributed by atoms with van der Waals surface area (Å²) in [6.45, 7) is 3.16. The van der Waals surface area contributed by atoms with Gasteiger partial charge in [0.25, 0.3) is 0 Å². The first-order chi connectivity index (χ1) is 26.9. The summed E-state index contributed by atoms with van der Waals surface area (Å²) < 4.78 is 49.1. The van der Waals surface area contributed by atoms with Gasteiger partial charge in [-0.05, 0) is 19.3 Å². The molecule has 2 unspecified atom stereocenters. The predicted octanol–water partition coefficient (Wildman–Crippen LogP) is 7.00. The van der Waals surface area contributed by atoms with Gasteiger partial charge in [0.2, 0.25) is 16.3 Å². The molecule has 1 rings (SSSR count). The number of unbranched alkanes of at least 4 members (excludes halogenated alkanes) is 24. The molecule has 57 heavy (non-hydrogen) atoms. The summed E-state index contributed by atoms with van der Waals surface area (Å²) >= 11 is 0. The molecule has 0 radical (unpaired) electrons. The van der Waals surface area contributed by atoms with E-state index in [1.165, 1.54) is 122 Å². The molecule has 340 valence electrons. The van der Waals surface area contributed by atoms with Gasteiger partial charge < -0.3 is 51.0 Å². The molecule has 8 atom stereocenters. The molecule has 1 fully saturated rings. The van der Waals surface area contributed by atoms with Gasteiger partial charge in [-0.15, -0.1) is 0 Å². The van der Waals surface area contributed by atoms with Crippen LogP contribution in [0, 0.1) is 0 Å². The molecule has 0 aliphatic carbocycles. The van der Waals surface area contributed by atoms with Crippen LogP contribution in [0.5, 0.6) is 0 Å². The molecule has 10 N–H and O–H groups in total. The Hall–Kier alpha value is -1.24. The molecule has 0 aromatic carbocycles. The Bertz CT molecular complexity index is 1090. The Morgan fingerprint density at radius 2 is 1.18 bits per heavy atom. The van der Waals surface area contributed by atoms with E-state index in [4.69, 9.17) is 9.47 Å². The fourth-order valence-electron chi connectivity index (χ4n) is 7.10. The lowest BCUT2D eigenvalue weighted by Gasteiger charge is -2.42. The number of amides is 1. The molecular weight excluding hydrogens is 757 g/mol. The number of aliphatic hydroxyl groups excluding tert-OH is 5. The minimum absolute atomic E-state index is 0. The van der Waals surface area contributed by atoms with Gasteiger partial charge in [0, 0.05) is 0 Å². The van der Waals surface area contributed by atoms with E-state index < -0.39 is 78.5 Å². The summed E-state index contributed by atoms with van der Waals surface area (Å²) in [5, 5.41) is 55.0. The Morgan fingerprint density at radius 3 is 1.61 bits per heavy atom. The highest BCUT2D eigenvalue weighted by Gasteiger charge is 2.47. The van der Waals surface area contributed by atoms with Crippen LogP contribution in [0.25, 0.3) is 0 Å². The maximum atomic E-state index is 13.1. The monoisotopic (exact) mass is 841 g/mol. The molecule has 15 heteroatoms. The van der Waals surface area contributed by atoms with Crippen LogP contribution in [0.2, 0.25) is 0 Å². The second-order valence-electron chi connectivity index (χ2n) is 15.8. The van der Waals surface area contributed by atoms with Crippen molar-refractivity contribution < 1.29 is 57.0 Å². The van der Waals surface area contributed by atoms with E-state index in [0.717, 1.165) is 38.5 Å². The third-order valence-corrected chi connectivity index (χ3v) is 11.1. The molecule has 1 heterocycles. The van der Waals surface area contributed by atoms with Crippen molar-refractivity contribution in [3.63, 3.8) is 0 Å². The van der Waals surface area contributed by atoms with Crippen molar-refractivity contribution in [2.75, 3.05) is 13.2 Å². The summed E-state index contributed by atoms with van der Waals surface area (Å²) in [7, 11) is -5.36. The van der Waals surface area contributed by atoms with E-state index >= 15 is 0 Å². The van der Waals surface area contributed by atoms with Gasteiger partial charge in [0.1, 0.15) is 30.5 Å². The fraction of sp³-hybridized carbons (Fsp3) is 0.929. The second kappa shape index (κ2) is 35.5. The Morgan fingerprint density at radius 1 is 0.737 bits per heavy atom. The standard InChI is InChI=1S/C42H81NO12S.H3N/c1-3-5-7-9-11-13-15-17-19-21-23-25-27-29-31-36(46)41(49)43-34(35(45)30-28-26-24-22-20-18-16-14-12-10-8-6-4-2)33-53-42-39(48)40(55-56(50,51)52)38(47)37(32-44)54-42;/h28,30,34-40,42,44-48H,3-27,29,31-33H2,1-2H3,(H,43,49)(H,50,51,52);1H3/b30-28+;/t34-,35+,36+,37?,38-,39?,40-,42+;/m0./s1. The van der Waals surface area contributed by atoms with Gasteiger partial charge in [-0.25, -0.2) is 8.42 Å². The van der Waals surface area contributed by atoms with Gasteiger partial charge >= 0.3 is 0 Å². The minimum atomic E-state index is -5.36. The zero-order chi connectivity index (χ0) is 41.4. The smallest absolute Gasteiger partial charge is 0.249 e. The number of rotatable bonds is 37. The summed E-state index contributed by atoms with van der Waals surface area (Å²) in [5.74, 6) is -0.710. The highest BCUT2D eigenvalue weighted by molar-refractivity contribution is 7.80. The van der Waals surface area contributed by atoms with Crippen molar-refractivity contribution >= 4 is 16.3 Å². The van der Waals surface area contributed by atoms with Crippen LogP contribution in [-0.2, 0) is 28.9 Å². The number of quaternary nitrogens is 1. The molecule has 1 aliphatic heterocycles. The predicted molar refractivity (Wildman–Crippen MR) is 223 cm³/mol. The van der Waals surface area contributed by atoms with E-state index in [9.17, 15) is 43.3 Å². The third kappa shape index (κ3) is 28.0. The van der Waals surface area contributed by atoms with Gasteiger partial charge in [-0.2, -0.15) is 0 Å². The SMILES string of the molecule is CCCCCCCCCCCCC/C=C/[C@@H](O)[C@H](CO[C@@H]1OC(CO)[C@H](O)[C@H](OS(=O)(=O)[O-])C1O)NC(=O)[C@H](O)CCCCCCCCCCCCCCCC.[NH4+]. The Labute approximate surface area is 345 Å². The molecule has 0 saturated carbocycles. The lowest BCUT2D eigenvalue weighted by molar-refractivity contribution is -0.298. The summed E-state index contributed by atoms with van der Waals surface area (Å²) in [5.41, 5.74) is 0. The lowest BCUT2D eigenvalue weighted by atomic mass is 9.99. The van der Waals surface area contributed by atoms with Crippen molar-refractivity contribution in [1.29, 1.82) is 0 Å². The molecule has 0 spiro atoms. The van der Waals surface area contributed by atoms with Crippen molar-refractivity contribution in [1.82, 2.24) is 11.5 Å². The van der Waals surface area contributed by atoms with E-state index in [2.05, 4.69) is 23.3 Å². The molecule has 0 aromatic heterocycles. The highest BCUT2D eigenvalue weighted by atomic mass is 32.3. The number of ether oxygens (including phenoxy) is 2. The third-order valence-electron chi connectivity index (χ3n) is 10.7. The fourth-order valence-corrected chi connectivity index (χ4v) is 7.60. The Balaban J connectivity index is 0.0000314. The van der Waals surface area contributed by atoms with Gasteiger partial charge in [-0.1, -0.05) is 180 Å². The van der Waals surface area contributed by atoms with Crippen LogP contribution in [0.15, 0.2) is 12.2 Å². The van der Waals surface area contributed by atoms with Crippen LogP contribution < -0.4 is 11.5 Å². The summed E-state index contributed by atoms with van der Waals surface area (Å²) in [6, 6.07) is -1.13. The molecule has 1 aliphatic rings. The van der Waals surface area contributed by atoms with Crippen molar-refractivity contribution in [2.45, 2.75) is 236 Å². The van der Waals surface area contributed by atoms with E-state index in [1.807, 2.05) is 6.08 Å². The number of nitrogens with one attached hydrogen (secondary N) is 1. The number of aliphatic hydroxyl groups is 5. The average molecular weight is 841 g/mol. The van der Waals surface area contributed by atoms with Crippen LogP contribution in [0.4, 0.5) is 0 Å². The zero-order valence-corrected chi connectivity index (χ0v) is 36.6. The van der Waals surface area contributed by atoms with Crippen LogP contribution >= 0.6 is 0 Å². The minimum Gasteiger partial charge on any atom is -0.726 e. The van der Waals surface area contributed by atoms with Crippen molar-refractivity contribution in [2.24, 2.45) is 0 Å². The molecule has 1 amide bonds. The largest absolute Gasteiger partial charge is 0.726 e. The molecular formula is C42H84N2O12S. The highest BCUT2D eigenvalue weighted by Crippen LogP contribution is 2.26. The number of hydrogen-bond acceptors (Lipinski definition) is 12. The second-order valence-corrected chi connectivity index (χ2v) is 16.8. The molecule has 14 nitrogen and oxygen atoms in total. The number of allylic oxidation sites excluding steroid dienone is 1. The van der Waals surface area contributed by atoms with Crippen LogP contribution in [0.1, 0.15) is 187 Å². The number of carbonyl (C=O) groups is 1. The molecule has 0 bridgehead atoms. The van der Waals surface area contributed by atoms with E-state index in [0.29, 0.717) is 12.8 Å². The van der Waals surface area contributed by atoms with Crippen molar-refractivity contribution in [3.8, 4) is 0 Å². The first-order valence-electron chi connectivity index (χ1n) is 22.2. The maximum Gasteiger partial charge on any atom is 0.249 e. The van der Waals surface area contributed by atoms with Gasteiger partial charge in [0.15, 0.2) is 6.29 Å². The zero-order valence-electron chi connectivity index (χ0n) is 35.8. The first kappa shape index (κ1) is 55.8. The van der Waals surface area contributed by atoms with E-state index in [1.54, 1.807) is 0 Å². The molecule has 0 aromatic rings. The summed E-state index contributed by atoms with van der Waals surface area (Å²) in [6.07, 6.45) is 22.6. The topological polar surface area (TPSA) is 252 Å². The molecule has 1 saturated heterocycles. The Kier molecular flexibility index (Phi) is 34.7. The normalized spacial score (nSPS) is 21.6. The van der Waals surface area contributed by atoms with Gasteiger partial charge in [0.05, 0.1) is 25.4 Å². The van der Waals surface area contributed by atoms with Crippen LogP contribution in [0.3, 0.4) is 0 Å². The first-order valence-corrected chi connectivity index (χ1v) is 23.5. The maximum absolute atomic E-state index is 13.1. The van der Waals surface area contributed by atoms with Crippen molar-refractivity contribution in [3.05, 3.63) is 12.2 Å². The number of hydrogen-bond donors (Lipinski definition) is 7. The summed E-state index contributed by atoms with van der Waals surface area (Å²) in [4.78, 5) is 13.1. The van der Waals surface area contributed by atoms with E-state index in [-0.39, 0.29) is 12.6 Å². The van der Waals surface area contributed by atoms with Gasteiger partial charge in [-0.3, -0.25) is 8.98 Å².